The van der Waals surface area contributed by atoms with Crippen LogP contribution in [0.5, 0.6) is 0 Å². The summed E-state index contributed by atoms with van der Waals surface area (Å²) in [5.74, 6) is -0.509. The molecule has 2 aliphatic rings. The highest BCUT2D eigenvalue weighted by molar-refractivity contribution is 7.90. The fourth-order valence-electron chi connectivity index (χ4n) is 5.74. The van der Waals surface area contributed by atoms with Gasteiger partial charge in [-0.15, -0.1) is 0 Å². The van der Waals surface area contributed by atoms with Gasteiger partial charge in [-0.3, -0.25) is 4.79 Å². The third kappa shape index (κ3) is 5.72. The summed E-state index contributed by atoms with van der Waals surface area (Å²) < 4.78 is 32.5. The molecule has 5 rings (SSSR count). The molecule has 2 atom stereocenters. The fourth-order valence-corrected chi connectivity index (χ4v) is 7.29. The predicted molar refractivity (Wildman–Crippen MR) is 160 cm³/mol. The number of carbonyl (C=O) groups is 1. The van der Waals surface area contributed by atoms with Crippen molar-refractivity contribution in [3.05, 3.63) is 94.0 Å². The molecule has 0 aromatic heterocycles. The Morgan fingerprint density at radius 1 is 1.02 bits per heavy atom. The summed E-state index contributed by atoms with van der Waals surface area (Å²) in [6, 6.07) is 21.2. The maximum atomic E-state index is 14.0. The van der Waals surface area contributed by atoms with E-state index in [4.69, 9.17) is 27.9 Å². The molecule has 3 aromatic carbocycles. The summed E-state index contributed by atoms with van der Waals surface area (Å²) >= 11 is 12.3. The molecular formula is C29H33Cl2N4O4S+. The van der Waals surface area contributed by atoms with Gasteiger partial charge in [0.15, 0.2) is 5.69 Å². The third-order valence-electron chi connectivity index (χ3n) is 7.78. The quantitative estimate of drug-likeness (QED) is 0.309. The number of rotatable bonds is 9. The van der Waals surface area contributed by atoms with E-state index >= 15 is 0 Å². The van der Waals surface area contributed by atoms with E-state index in [0.29, 0.717) is 28.0 Å². The van der Waals surface area contributed by atoms with Crippen molar-refractivity contribution in [2.24, 2.45) is 0 Å². The Kier molecular flexibility index (Phi) is 8.42. The first kappa shape index (κ1) is 28.9. The Morgan fingerprint density at radius 2 is 1.73 bits per heavy atom. The lowest BCUT2D eigenvalue weighted by molar-refractivity contribution is -0.126. The van der Waals surface area contributed by atoms with E-state index in [0.717, 1.165) is 37.1 Å². The molecule has 2 heterocycles. The van der Waals surface area contributed by atoms with E-state index in [1.807, 2.05) is 48.5 Å². The zero-order valence-electron chi connectivity index (χ0n) is 22.2. The molecular weight excluding hydrogens is 571 g/mol. The monoisotopic (exact) mass is 603 g/mol. The summed E-state index contributed by atoms with van der Waals surface area (Å²) in [5, 5.41) is 7.27. The fraction of sp³-hybridized carbons (Fsp3) is 0.345. The van der Waals surface area contributed by atoms with Gasteiger partial charge in [-0.1, -0.05) is 75.7 Å². The number of hydrogen-bond acceptors (Lipinski definition) is 6. The van der Waals surface area contributed by atoms with E-state index in [1.54, 1.807) is 24.3 Å². The minimum absolute atomic E-state index is 0.0125. The number of para-hydroxylation sites is 1. The molecule has 3 N–H and O–H groups in total. The summed E-state index contributed by atoms with van der Waals surface area (Å²) in [7, 11) is -3.85. The van der Waals surface area contributed by atoms with Gasteiger partial charge in [0.1, 0.15) is 12.6 Å². The standard InChI is InChI=1S/C29H32Cl2N4O4S/c1-40(37,38)35(20-29(13-15-32-16-14-29)23-9-5-6-10-27(23)35)34-28(36)26(19-39-18-21-7-3-2-4-8-21)33-22-11-12-24(30)25(31)17-22/h2-12,17,26,32-33H,13-16,18-20H2,1H3/p+1. The van der Waals surface area contributed by atoms with Crippen molar-refractivity contribution < 1.29 is 17.9 Å². The second-order valence-electron chi connectivity index (χ2n) is 10.5. The zero-order chi connectivity index (χ0) is 28.4. The molecule has 8 nitrogen and oxygen atoms in total. The van der Waals surface area contributed by atoms with Crippen molar-refractivity contribution in [1.29, 1.82) is 0 Å². The SMILES string of the molecule is CS(=O)(=O)[N+]1(NC(=O)C(COCc2ccccc2)Nc2ccc(Cl)c(Cl)c2)CC2(CCNCC2)c2ccccc21. The number of nitrogens with zero attached hydrogens (tertiary/aromatic N) is 1. The Labute approximate surface area is 245 Å². The lowest BCUT2D eigenvalue weighted by atomic mass is 9.75. The molecule has 11 heteroatoms. The molecule has 212 valence electrons. The van der Waals surface area contributed by atoms with Crippen LogP contribution >= 0.6 is 23.2 Å². The van der Waals surface area contributed by atoms with Crippen LogP contribution in [0.15, 0.2) is 72.8 Å². The van der Waals surface area contributed by atoms with E-state index in [1.165, 1.54) is 6.26 Å². The van der Waals surface area contributed by atoms with Gasteiger partial charge in [-0.05, 0) is 49.7 Å². The van der Waals surface area contributed by atoms with Crippen LogP contribution < -0.4 is 20.1 Å². The molecule has 1 spiro atoms. The number of hydrogen-bond donors (Lipinski definition) is 3. The Hall–Kier alpha value is -2.66. The highest BCUT2D eigenvalue weighted by Gasteiger charge is 2.60. The topological polar surface area (TPSA) is 96.5 Å². The number of ether oxygens (including phenoxy) is 1. The van der Waals surface area contributed by atoms with Crippen molar-refractivity contribution in [3.8, 4) is 0 Å². The zero-order valence-corrected chi connectivity index (χ0v) is 24.5. The number of nitrogens with one attached hydrogen (secondary N) is 3. The van der Waals surface area contributed by atoms with Gasteiger partial charge in [-0.25, -0.2) is 0 Å². The van der Waals surface area contributed by atoms with Gasteiger partial charge < -0.3 is 15.4 Å². The van der Waals surface area contributed by atoms with Crippen molar-refractivity contribution in [2.75, 3.05) is 37.8 Å². The number of sulfonamides is 1. The minimum atomic E-state index is -3.85. The van der Waals surface area contributed by atoms with Gasteiger partial charge >= 0.3 is 10.0 Å². The summed E-state index contributed by atoms with van der Waals surface area (Å²) in [6.07, 6.45) is 2.73. The van der Waals surface area contributed by atoms with Crippen LogP contribution in [0.25, 0.3) is 0 Å². The molecule has 0 aliphatic carbocycles. The number of quaternary nitrogens is 1. The summed E-state index contributed by atoms with van der Waals surface area (Å²) in [6.45, 7) is 2.06. The van der Waals surface area contributed by atoms with Crippen LogP contribution in [0.2, 0.25) is 10.0 Å². The molecule has 40 heavy (non-hydrogen) atoms. The number of anilines is 1. The number of fused-ring (bicyclic) bond motifs is 2. The largest absolute Gasteiger partial charge is 0.374 e. The van der Waals surface area contributed by atoms with Gasteiger partial charge in [0.25, 0.3) is 5.91 Å². The van der Waals surface area contributed by atoms with Gasteiger partial charge in [0.2, 0.25) is 0 Å². The third-order valence-corrected chi connectivity index (χ3v) is 10.1. The Bertz CT molecular complexity index is 1480. The summed E-state index contributed by atoms with van der Waals surface area (Å²) in [4.78, 5) is 14.0. The normalized spacial score (nSPS) is 20.6. The molecule has 1 saturated heterocycles. The Morgan fingerprint density at radius 3 is 2.42 bits per heavy atom. The minimum Gasteiger partial charge on any atom is -0.374 e. The molecule has 0 bridgehead atoms. The number of halogens is 2. The second kappa shape index (κ2) is 11.7. The van der Waals surface area contributed by atoms with E-state index in [9.17, 15) is 13.2 Å². The lowest BCUT2D eigenvalue weighted by Gasteiger charge is -2.36. The van der Waals surface area contributed by atoms with Crippen molar-refractivity contribution >= 4 is 50.5 Å². The molecule has 1 amide bonds. The first-order valence-corrected chi connectivity index (χ1v) is 15.8. The number of amides is 1. The average Bonchev–Trinajstić information content (AvgIpc) is 3.21. The lowest BCUT2D eigenvalue weighted by Crippen LogP contribution is -2.68. The summed E-state index contributed by atoms with van der Waals surface area (Å²) in [5.41, 5.74) is 5.64. The van der Waals surface area contributed by atoms with E-state index < -0.39 is 26.0 Å². The molecule has 3 aromatic rings. The van der Waals surface area contributed by atoms with Crippen molar-refractivity contribution in [1.82, 2.24) is 14.7 Å². The predicted octanol–water partition coefficient (Wildman–Crippen LogP) is 4.62. The molecule has 2 unspecified atom stereocenters. The van der Waals surface area contributed by atoms with Crippen LogP contribution in [-0.4, -0.2) is 52.9 Å². The number of piperidine rings is 1. The first-order valence-electron chi connectivity index (χ1n) is 13.2. The Balaban J connectivity index is 1.46. The van der Waals surface area contributed by atoms with E-state index in [-0.39, 0.29) is 18.6 Å². The van der Waals surface area contributed by atoms with Gasteiger partial charge in [0.05, 0.1) is 34.9 Å². The van der Waals surface area contributed by atoms with Gasteiger partial charge in [0, 0.05) is 17.3 Å². The van der Waals surface area contributed by atoms with Crippen LogP contribution in [0.4, 0.5) is 11.4 Å². The molecule has 0 saturated carbocycles. The van der Waals surface area contributed by atoms with Crippen molar-refractivity contribution in [3.63, 3.8) is 0 Å². The van der Waals surface area contributed by atoms with Crippen LogP contribution in [0, 0.1) is 0 Å². The van der Waals surface area contributed by atoms with Crippen LogP contribution in [-0.2, 0) is 31.6 Å². The second-order valence-corrected chi connectivity index (χ2v) is 13.4. The maximum absolute atomic E-state index is 14.0. The molecule has 0 radical (unpaired) electrons. The highest BCUT2D eigenvalue weighted by atomic mass is 35.5. The average molecular weight is 605 g/mol. The smallest absolute Gasteiger partial charge is 0.321 e. The molecule has 1 fully saturated rings. The number of carbonyl (C=O) groups excluding carboxylic acids is 1. The van der Waals surface area contributed by atoms with Crippen molar-refractivity contribution in [2.45, 2.75) is 30.9 Å². The first-order chi connectivity index (χ1) is 19.1. The van der Waals surface area contributed by atoms with Gasteiger partial charge in [-0.2, -0.15) is 13.8 Å². The van der Waals surface area contributed by atoms with E-state index in [2.05, 4.69) is 16.1 Å². The highest BCUT2D eigenvalue weighted by Crippen LogP contribution is 2.50. The molecule has 2 aliphatic heterocycles. The van der Waals surface area contributed by atoms with Crippen LogP contribution in [0.1, 0.15) is 24.0 Å². The maximum Gasteiger partial charge on any atom is 0.321 e. The van der Waals surface area contributed by atoms with Crippen LogP contribution in [0.3, 0.4) is 0 Å². The number of benzene rings is 3.